The molecule has 1 fully saturated rings. The second-order valence-electron chi connectivity index (χ2n) is 7.81. The Morgan fingerprint density at radius 3 is 2.69 bits per heavy atom. The van der Waals surface area contributed by atoms with E-state index in [-0.39, 0.29) is 12.5 Å². The van der Waals surface area contributed by atoms with Crippen LogP contribution in [0.3, 0.4) is 0 Å². The van der Waals surface area contributed by atoms with E-state index >= 15 is 0 Å². The molecule has 1 heterocycles. The van der Waals surface area contributed by atoms with Gasteiger partial charge in [-0.2, -0.15) is 0 Å². The zero-order valence-electron chi connectivity index (χ0n) is 17.7. The Bertz CT molecular complexity index is 922. The first kappa shape index (κ1) is 20.9. The molecule has 29 heavy (non-hydrogen) atoms. The first-order chi connectivity index (χ1) is 13.9. The van der Waals surface area contributed by atoms with Gasteiger partial charge >= 0.3 is 5.97 Å². The van der Waals surface area contributed by atoms with Crippen molar-refractivity contribution in [2.45, 2.75) is 58.9 Å². The summed E-state index contributed by atoms with van der Waals surface area (Å²) < 4.78 is 7.44. The average Bonchev–Trinajstić information content (AvgIpc) is 3.50. The van der Waals surface area contributed by atoms with Crippen LogP contribution >= 0.6 is 0 Å². The maximum Gasteiger partial charge on any atom is 0.331 e. The van der Waals surface area contributed by atoms with Crippen LogP contribution in [0.1, 0.15) is 67.6 Å². The Morgan fingerprint density at radius 1 is 1.28 bits per heavy atom. The molecule has 1 N–H and O–H groups in total. The molecule has 0 unspecified atom stereocenters. The van der Waals surface area contributed by atoms with Crippen molar-refractivity contribution in [1.82, 2.24) is 4.57 Å². The number of anilines is 1. The molecule has 0 aliphatic heterocycles. The maximum absolute atomic E-state index is 12.2. The number of aryl methyl sites for hydroxylation is 1. The maximum atomic E-state index is 12.2. The van der Waals surface area contributed by atoms with Crippen LogP contribution in [0.15, 0.2) is 36.4 Å². The molecule has 0 spiro atoms. The van der Waals surface area contributed by atoms with E-state index in [1.54, 1.807) is 6.08 Å². The standard InChI is InChI=1S/C24H30N2O3/c1-5-16(2)21-8-6-7-9-22(21)25-23(27)15-29-24(28)13-10-19-14-17(3)26(18(19)4)20-11-12-20/h6-10,13-14,16,20H,5,11-12,15H2,1-4H3,(H,25,27)/b13-10+/t16-/m0/s1. The summed E-state index contributed by atoms with van der Waals surface area (Å²) >= 11 is 0. The predicted octanol–water partition coefficient (Wildman–Crippen LogP) is 5.15. The molecule has 1 aromatic heterocycles. The van der Waals surface area contributed by atoms with E-state index < -0.39 is 5.97 Å². The lowest BCUT2D eigenvalue weighted by Crippen LogP contribution is -2.21. The van der Waals surface area contributed by atoms with Crippen molar-refractivity contribution >= 4 is 23.6 Å². The number of amides is 1. The lowest BCUT2D eigenvalue weighted by molar-refractivity contribution is -0.142. The third-order valence-electron chi connectivity index (χ3n) is 5.56. The van der Waals surface area contributed by atoms with Gasteiger partial charge in [0.2, 0.25) is 0 Å². The topological polar surface area (TPSA) is 60.3 Å². The first-order valence-corrected chi connectivity index (χ1v) is 10.3. The van der Waals surface area contributed by atoms with Crippen molar-refractivity contribution in [3.05, 3.63) is 58.9 Å². The van der Waals surface area contributed by atoms with Gasteiger partial charge in [0, 0.05) is 29.2 Å². The smallest absolute Gasteiger partial charge is 0.331 e. The minimum Gasteiger partial charge on any atom is -0.452 e. The van der Waals surface area contributed by atoms with Crippen molar-refractivity contribution < 1.29 is 14.3 Å². The number of aromatic nitrogens is 1. The minimum atomic E-state index is -0.522. The highest BCUT2D eigenvalue weighted by Gasteiger charge is 2.26. The van der Waals surface area contributed by atoms with Gasteiger partial charge in [-0.1, -0.05) is 32.0 Å². The largest absolute Gasteiger partial charge is 0.452 e. The number of para-hydroxylation sites is 1. The minimum absolute atomic E-state index is 0.306. The normalized spacial score (nSPS) is 14.8. The lowest BCUT2D eigenvalue weighted by atomic mass is 9.97. The summed E-state index contributed by atoms with van der Waals surface area (Å²) in [5.41, 5.74) is 5.23. The fourth-order valence-corrected chi connectivity index (χ4v) is 3.66. The van der Waals surface area contributed by atoms with Crippen molar-refractivity contribution in [1.29, 1.82) is 0 Å². The number of benzene rings is 1. The zero-order chi connectivity index (χ0) is 21.0. The SMILES string of the molecule is CC[C@H](C)c1ccccc1NC(=O)COC(=O)/C=C/c1cc(C)n(C2CC2)c1C. The van der Waals surface area contributed by atoms with Crippen molar-refractivity contribution in [3.63, 3.8) is 0 Å². The van der Waals surface area contributed by atoms with Crippen molar-refractivity contribution in [2.24, 2.45) is 0 Å². The Morgan fingerprint density at radius 2 is 2.00 bits per heavy atom. The summed E-state index contributed by atoms with van der Waals surface area (Å²) in [6.45, 7) is 8.08. The second kappa shape index (κ2) is 9.12. The average molecular weight is 395 g/mol. The van der Waals surface area contributed by atoms with Gasteiger partial charge < -0.3 is 14.6 Å². The number of ether oxygens (including phenoxy) is 1. The highest BCUT2D eigenvalue weighted by molar-refractivity contribution is 5.95. The number of hydrogen-bond donors (Lipinski definition) is 1. The molecule has 2 aromatic rings. The molecule has 1 saturated carbocycles. The van der Waals surface area contributed by atoms with Gasteiger partial charge in [0.05, 0.1) is 0 Å². The fourth-order valence-electron chi connectivity index (χ4n) is 3.66. The second-order valence-corrected chi connectivity index (χ2v) is 7.81. The summed E-state index contributed by atoms with van der Waals surface area (Å²) in [6.07, 6.45) is 6.57. The van der Waals surface area contributed by atoms with Gasteiger partial charge in [0.1, 0.15) is 0 Å². The number of carbonyl (C=O) groups excluding carboxylic acids is 2. The van der Waals surface area contributed by atoms with Crippen LogP contribution in [-0.4, -0.2) is 23.1 Å². The van der Waals surface area contributed by atoms with E-state index in [0.717, 1.165) is 28.9 Å². The van der Waals surface area contributed by atoms with Gasteiger partial charge in [0.25, 0.3) is 5.91 Å². The molecule has 3 rings (SSSR count). The van der Waals surface area contributed by atoms with Gasteiger partial charge in [-0.3, -0.25) is 4.79 Å². The van der Waals surface area contributed by atoms with Gasteiger partial charge in [-0.15, -0.1) is 0 Å². The molecule has 0 bridgehead atoms. The van der Waals surface area contributed by atoms with E-state index in [1.807, 2.05) is 24.3 Å². The van der Waals surface area contributed by atoms with E-state index in [9.17, 15) is 9.59 Å². The summed E-state index contributed by atoms with van der Waals surface area (Å²) in [6, 6.07) is 10.4. The number of nitrogens with one attached hydrogen (secondary N) is 1. The highest BCUT2D eigenvalue weighted by Crippen LogP contribution is 2.38. The fraction of sp³-hybridized carbons (Fsp3) is 0.417. The predicted molar refractivity (Wildman–Crippen MR) is 116 cm³/mol. The molecule has 1 aliphatic carbocycles. The molecular formula is C24H30N2O3. The van der Waals surface area contributed by atoms with Gasteiger partial charge in [-0.05, 0) is 68.4 Å². The Hall–Kier alpha value is -2.82. The lowest BCUT2D eigenvalue weighted by Gasteiger charge is -2.15. The van der Waals surface area contributed by atoms with Crippen LogP contribution in [0, 0.1) is 13.8 Å². The monoisotopic (exact) mass is 394 g/mol. The van der Waals surface area contributed by atoms with E-state index in [1.165, 1.54) is 24.6 Å². The van der Waals surface area contributed by atoms with Crippen molar-refractivity contribution in [2.75, 3.05) is 11.9 Å². The molecule has 154 valence electrons. The number of carbonyl (C=O) groups is 2. The molecule has 1 atom stereocenters. The summed E-state index contributed by atoms with van der Waals surface area (Å²) in [5.74, 6) is -0.521. The van der Waals surface area contributed by atoms with Crippen LogP contribution in [0.25, 0.3) is 6.08 Å². The molecular weight excluding hydrogens is 364 g/mol. The molecule has 0 radical (unpaired) electrons. The molecule has 1 amide bonds. The summed E-state index contributed by atoms with van der Waals surface area (Å²) in [7, 11) is 0. The Balaban J connectivity index is 1.54. The molecule has 5 heteroatoms. The molecule has 0 saturated heterocycles. The van der Waals surface area contributed by atoms with E-state index in [4.69, 9.17) is 4.74 Å². The quantitative estimate of drug-likeness (QED) is 0.498. The third kappa shape index (κ3) is 5.17. The number of rotatable bonds is 8. The van der Waals surface area contributed by atoms with Crippen LogP contribution < -0.4 is 5.32 Å². The van der Waals surface area contributed by atoms with Gasteiger partial charge in [0.15, 0.2) is 6.61 Å². The first-order valence-electron chi connectivity index (χ1n) is 10.3. The third-order valence-corrected chi connectivity index (χ3v) is 5.56. The molecule has 5 nitrogen and oxygen atoms in total. The number of esters is 1. The summed E-state index contributed by atoms with van der Waals surface area (Å²) in [4.78, 5) is 24.3. The van der Waals surface area contributed by atoms with E-state index in [2.05, 4.69) is 43.6 Å². The zero-order valence-corrected chi connectivity index (χ0v) is 17.7. The molecule has 1 aromatic carbocycles. The van der Waals surface area contributed by atoms with Crippen molar-refractivity contribution in [3.8, 4) is 0 Å². The van der Waals surface area contributed by atoms with Crippen LogP contribution in [0.5, 0.6) is 0 Å². The van der Waals surface area contributed by atoms with Crippen LogP contribution in [0.2, 0.25) is 0 Å². The Labute approximate surface area is 172 Å². The number of nitrogens with zero attached hydrogens (tertiary/aromatic N) is 1. The van der Waals surface area contributed by atoms with E-state index in [0.29, 0.717) is 12.0 Å². The molecule has 1 aliphatic rings. The highest BCUT2D eigenvalue weighted by atomic mass is 16.5. The van der Waals surface area contributed by atoms with Crippen LogP contribution in [0.4, 0.5) is 5.69 Å². The Kier molecular flexibility index (Phi) is 6.57. The van der Waals surface area contributed by atoms with Gasteiger partial charge in [-0.25, -0.2) is 4.79 Å². The number of hydrogen-bond acceptors (Lipinski definition) is 3. The van der Waals surface area contributed by atoms with Crippen LogP contribution in [-0.2, 0) is 14.3 Å². The summed E-state index contributed by atoms with van der Waals surface area (Å²) in [5, 5.41) is 2.85.